The van der Waals surface area contributed by atoms with Crippen LogP contribution in [0.1, 0.15) is 50.2 Å². The lowest BCUT2D eigenvalue weighted by Crippen LogP contribution is -2.51. The summed E-state index contributed by atoms with van der Waals surface area (Å²) in [5.41, 5.74) is 5.12. The van der Waals surface area contributed by atoms with E-state index in [0.29, 0.717) is 24.1 Å². The average molecular weight is 540 g/mol. The first-order chi connectivity index (χ1) is 18.5. The standard InChI is InChI=1S/C30H32F3N3O3/c1-19(37)35-24-12-6-9-22(16-24)21-8-5-7-20(15-21)18-29(39,23-10-3-2-4-11-23)28(38)36-25-13-14-27(34)26(17-25)30(31,32)33/h5-9,12-17,23,39H,2-4,10-11,18,34H2,1H3,(H,35,37)(H,36,38). The number of aliphatic hydroxyl groups is 1. The molecule has 1 fully saturated rings. The van der Waals surface area contributed by atoms with Crippen LogP contribution in [0.25, 0.3) is 11.1 Å². The van der Waals surface area contributed by atoms with Crippen LogP contribution >= 0.6 is 0 Å². The molecule has 1 saturated carbocycles. The number of rotatable bonds is 7. The highest BCUT2D eigenvalue weighted by atomic mass is 19.4. The van der Waals surface area contributed by atoms with Crippen LogP contribution in [0.2, 0.25) is 0 Å². The number of hydrogen-bond acceptors (Lipinski definition) is 4. The van der Waals surface area contributed by atoms with Gasteiger partial charge in [0.15, 0.2) is 0 Å². The molecular weight excluding hydrogens is 507 g/mol. The summed E-state index contributed by atoms with van der Waals surface area (Å²) in [6, 6.07) is 17.9. The third-order valence-corrected chi connectivity index (χ3v) is 7.21. The Morgan fingerprint density at radius 3 is 2.21 bits per heavy atom. The van der Waals surface area contributed by atoms with E-state index in [0.717, 1.165) is 42.5 Å². The molecule has 1 atom stereocenters. The molecule has 3 aromatic carbocycles. The van der Waals surface area contributed by atoms with Gasteiger partial charge in [0.1, 0.15) is 5.60 Å². The molecule has 0 radical (unpaired) electrons. The Morgan fingerprint density at radius 2 is 1.54 bits per heavy atom. The second-order valence-corrected chi connectivity index (χ2v) is 10.2. The summed E-state index contributed by atoms with van der Waals surface area (Å²) in [6.07, 6.45) is -0.699. The monoisotopic (exact) mass is 539 g/mol. The summed E-state index contributed by atoms with van der Waals surface area (Å²) in [7, 11) is 0. The number of benzene rings is 3. The van der Waals surface area contributed by atoms with Gasteiger partial charge in [-0.05, 0) is 65.8 Å². The Balaban J connectivity index is 1.64. The molecule has 0 spiro atoms. The summed E-state index contributed by atoms with van der Waals surface area (Å²) in [6.45, 7) is 1.43. The van der Waals surface area contributed by atoms with E-state index in [1.807, 2.05) is 42.5 Å². The number of nitrogen functional groups attached to an aromatic ring is 1. The summed E-state index contributed by atoms with van der Waals surface area (Å²) < 4.78 is 40.1. The van der Waals surface area contributed by atoms with Crippen LogP contribution in [0.5, 0.6) is 0 Å². The zero-order chi connectivity index (χ0) is 28.2. The Bertz CT molecular complexity index is 1350. The number of alkyl halides is 3. The van der Waals surface area contributed by atoms with Crippen molar-refractivity contribution in [1.29, 1.82) is 0 Å². The van der Waals surface area contributed by atoms with E-state index in [4.69, 9.17) is 5.73 Å². The number of carbonyl (C=O) groups is 2. The summed E-state index contributed by atoms with van der Waals surface area (Å²) in [4.78, 5) is 25.0. The Labute approximate surface area is 225 Å². The van der Waals surface area contributed by atoms with Crippen LogP contribution in [0.3, 0.4) is 0 Å². The highest BCUT2D eigenvalue weighted by Gasteiger charge is 2.44. The van der Waals surface area contributed by atoms with Crippen LogP contribution in [-0.4, -0.2) is 22.5 Å². The zero-order valence-corrected chi connectivity index (χ0v) is 21.6. The topological polar surface area (TPSA) is 104 Å². The van der Waals surface area contributed by atoms with Crippen molar-refractivity contribution in [2.75, 3.05) is 16.4 Å². The molecule has 0 bridgehead atoms. The first-order valence-electron chi connectivity index (χ1n) is 12.9. The maximum atomic E-state index is 13.6. The molecule has 5 N–H and O–H groups in total. The molecule has 6 nitrogen and oxygen atoms in total. The number of hydrogen-bond donors (Lipinski definition) is 4. The minimum Gasteiger partial charge on any atom is -0.398 e. The van der Waals surface area contributed by atoms with Crippen molar-refractivity contribution in [3.8, 4) is 11.1 Å². The normalized spacial score (nSPS) is 15.8. The van der Waals surface area contributed by atoms with E-state index >= 15 is 0 Å². The lowest BCUT2D eigenvalue weighted by molar-refractivity contribution is -0.142. The summed E-state index contributed by atoms with van der Waals surface area (Å²) >= 11 is 0. The maximum Gasteiger partial charge on any atom is 0.418 e. The minimum absolute atomic E-state index is 0.0101. The van der Waals surface area contributed by atoms with E-state index in [9.17, 15) is 27.9 Å². The molecule has 206 valence electrons. The van der Waals surface area contributed by atoms with Crippen LogP contribution in [-0.2, 0) is 22.2 Å². The molecule has 2 amide bonds. The first-order valence-corrected chi connectivity index (χ1v) is 12.9. The lowest BCUT2D eigenvalue weighted by Gasteiger charge is -2.37. The van der Waals surface area contributed by atoms with Crippen molar-refractivity contribution < 1.29 is 27.9 Å². The van der Waals surface area contributed by atoms with Crippen molar-refractivity contribution >= 4 is 28.9 Å². The fraction of sp³-hybridized carbons (Fsp3) is 0.333. The highest BCUT2D eigenvalue weighted by molar-refractivity contribution is 5.98. The van der Waals surface area contributed by atoms with Crippen LogP contribution < -0.4 is 16.4 Å². The number of carbonyl (C=O) groups excluding carboxylic acids is 2. The molecular formula is C30H32F3N3O3. The Kier molecular flexibility index (Phi) is 8.30. The number of nitrogens with one attached hydrogen (secondary N) is 2. The molecule has 0 aromatic heterocycles. The molecule has 39 heavy (non-hydrogen) atoms. The van der Waals surface area contributed by atoms with Crippen molar-refractivity contribution in [2.24, 2.45) is 5.92 Å². The Hall–Kier alpha value is -3.85. The maximum absolute atomic E-state index is 13.6. The molecule has 1 unspecified atom stereocenters. The fourth-order valence-corrected chi connectivity index (χ4v) is 5.26. The van der Waals surface area contributed by atoms with E-state index in [1.165, 1.54) is 13.0 Å². The minimum atomic E-state index is -4.68. The van der Waals surface area contributed by atoms with Gasteiger partial charge in [0.05, 0.1) is 5.56 Å². The van der Waals surface area contributed by atoms with Gasteiger partial charge in [0, 0.05) is 30.4 Å². The highest BCUT2D eigenvalue weighted by Crippen LogP contribution is 2.38. The molecule has 1 aliphatic rings. The molecule has 1 aliphatic carbocycles. The van der Waals surface area contributed by atoms with Crippen molar-refractivity contribution in [1.82, 2.24) is 0 Å². The van der Waals surface area contributed by atoms with E-state index in [2.05, 4.69) is 10.6 Å². The zero-order valence-electron chi connectivity index (χ0n) is 21.6. The van der Waals surface area contributed by atoms with Crippen molar-refractivity contribution in [3.63, 3.8) is 0 Å². The van der Waals surface area contributed by atoms with Crippen molar-refractivity contribution in [2.45, 2.75) is 57.2 Å². The quantitative estimate of drug-likeness (QED) is 0.261. The third kappa shape index (κ3) is 6.78. The van der Waals surface area contributed by atoms with Gasteiger partial charge in [-0.3, -0.25) is 9.59 Å². The number of nitrogens with two attached hydrogens (primary N) is 1. The van der Waals surface area contributed by atoms with Gasteiger partial charge in [0.25, 0.3) is 5.91 Å². The van der Waals surface area contributed by atoms with Gasteiger partial charge >= 0.3 is 6.18 Å². The third-order valence-electron chi connectivity index (χ3n) is 7.21. The van der Waals surface area contributed by atoms with E-state index in [1.54, 1.807) is 6.07 Å². The van der Waals surface area contributed by atoms with E-state index < -0.39 is 28.9 Å². The number of anilines is 3. The van der Waals surface area contributed by atoms with Gasteiger partial charge in [-0.25, -0.2) is 0 Å². The molecule has 3 aromatic rings. The number of halogens is 3. The van der Waals surface area contributed by atoms with Gasteiger partial charge < -0.3 is 21.5 Å². The second-order valence-electron chi connectivity index (χ2n) is 10.2. The van der Waals surface area contributed by atoms with Gasteiger partial charge in [-0.2, -0.15) is 13.2 Å². The van der Waals surface area contributed by atoms with Crippen molar-refractivity contribution in [3.05, 3.63) is 77.9 Å². The lowest BCUT2D eigenvalue weighted by atomic mass is 9.73. The summed E-state index contributed by atoms with van der Waals surface area (Å²) in [5.74, 6) is -1.29. The predicted octanol–water partition coefficient (Wildman–Crippen LogP) is 6.41. The molecule has 9 heteroatoms. The van der Waals surface area contributed by atoms with Gasteiger partial charge in [-0.1, -0.05) is 55.7 Å². The molecule has 0 heterocycles. The Morgan fingerprint density at radius 1 is 0.897 bits per heavy atom. The molecule has 0 aliphatic heterocycles. The van der Waals surface area contributed by atoms with Crippen LogP contribution in [0.4, 0.5) is 30.2 Å². The number of amides is 2. The fourth-order valence-electron chi connectivity index (χ4n) is 5.26. The largest absolute Gasteiger partial charge is 0.418 e. The van der Waals surface area contributed by atoms with Crippen LogP contribution in [0.15, 0.2) is 66.7 Å². The average Bonchev–Trinajstić information content (AvgIpc) is 2.89. The van der Waals surface area contributed by atoms with Crippen LogP contribution in [0, 0.1) is 5.92 Å². The smallest absolute Gasteiger partial charge is 0.398 e. The van der Waals surface area contributed by atoms with E-state index in [-0.39, 0.29) is 23.9 Å². The van der Waals surface area contributed by atoms with Gasteiger partial charge in [0.2, 0.25) is 5.91 Å². The summed E-state index contributed by atoms with van der Waals surface area (Å²) in [5, 5.41) is 17.2. The predicted molar refractivity (Wildman–Crippen MR) is 146 cm³/mol. The second kappa shape index (κ2) is 11.5. The first kappa shape index (κ1) is 28.2. The SMILES string of the molecule is CC(=O)Nc1cccc(-c2cccc(CC(O)(C(=O)Nc3ccc(N)c(C(F)(F)F)c3)C3CCCCC3)c2)c1. The molecule has 0 saturated heterocycles. The molecule has 4 rings (SSSR count). The van der Waals surface area contributed by atoms with Gasteiger partial charge in [-0.15, -0.1) is 0 Å².